The van der Waals surface area contributed by atoms with E-state index in [4.69, 9.17) is 0 Å². The lowest BCUT2D eigenvalue weighted by molar-refractivity contribution is -0.124. The first-order chi connectivity index (χ1) is 22.5. The second-order valence-electron chi connectivity index (χ2n) is 14.3. The molecule has 0 spiro atoms. The van der Waals surface area contributed by atoms with Gasteiger partial charge in [0.1, 0.15) is 0 Å². The standard InChI is InChI=1S/C41H81NO4/c1-3-5-7-9-11-13-15-17-19-21-22-24-26-28-30-32-34-38(44)36-41(46)42-39(37-43)40(45)35-33-31-29-27-25-23-20-18-16-14-12-10-8-6-4-2/h33,35,38-40,43-45H,3-32,34,36-37H2,1-2H3,(H,42,46)/b35-33+. The van der Waals surface area contributed by atoms with E-state index in [-0.39, 0.29) is 18.9 Å². The highest BCUT2D eigenvalue weighted by Gasteiger charge is 2.20. The Morgan fingerprint density at radius 3 is 1.26 bits per heavy atom. The Morgan fingerprint density at radius 1 is 0.543 bits per heavy atom. The van der Waals surface area contributed by atoms with Crippen LogP contribution < -0.4 is 5.32 Å². The normalized spacial score (nSPS) is 13.8. The lowest BCUT2D eigenvalue weighted by atomic mass is 10.0. The van der Waals surface area contributed by atoms with E-state index < -0.39 is 18.2 Å². The number of unbranched alkanes of at least 4 members (excludes halogenated alkanes) is 28. The van der Waals surface area contributed by atoms with Crippen molar-refractivity contribution in [2.24, 2.45) is 0 Å². The molecule has 4 N–H and O–H groups in total. The van der Waals surface area contributed by atoms with Gasteiger partial charge in [0.15, 0.2) is 0 Å². The lowest BCUT2D eigenvalue weighted by Gasteiger charge is -2.21. The molecule has 5 nitrogen and oxygen atoms in total. The molecule has 0 aromatic carbocycles. The fraction of sp³-hybridized carbons (Fsp3) is 0.927. The van der Waals surface area contributed by atoms with Crippen molar-refractivity contribution in [2.45, 2.75) is 238 Å². The van der Waals surface area contributed by atoms with Gasteiger partial charge in [-0.25, -0.2) is 0 Å². The van der Waals surface area contributed by atoms with E-state index in [1.807, 2.05) is 6.08 Å². The smallest absolute Gasteiger partial charge is 0.222 e. The monoisotopic (exact) mass is 652 g/mol. The van der Waals surface area contributed by atoms with Gasteiger partial charge in [-0.15, -0.1) is 0 Å². The Labute approximate surface area is 287 Å². The molecule has 3 atom stereocenters. The van der Waals surface area contributed by atoms with Gasteiger partial charge >= 0.3 is 0 Å². The van der Waals surface area contributed by atoms with Gasteiger partial charge < -0.3 is 20.6 Å². The number of hydrogen-bond acceptors (Lipinski definition) is 4. The molecular weight excluding hydrogens is 570 g/mol. The first-order valence-corrected chi connectivity index (χ1v) is 20.5. The summed E-state index contributed by atoms with van der Waals surface area (Å²) in [5.74, 6) is -0.313. The fourth-order valence-electron chi connectivity index (χ4n) is 6.40. The van der Waals surface area contributed by atoms with Crippen molar-refractivity contribution in [2.75, 3.05) is 6.61 Å². The SMILES string of the molecule is CCCCCCCCCCCCCCC/C=C/C(O)C(CO)NC(=O)CC(O)CCCCCCCCCCCCCCCCCC. The fourth-order valence-corrected chi connectivity index (χ4v) is 6.40. The molecule has 274 valence electrons. The van der Waals surface area contributed by atoms with Crippen molar-refractivity contribution in [3.05, 3.63) is 12.2 Å². The van der Waals surface area contributed by atoms with Gasteiger partial charge in [-0.1, -0.05) is 206 Å². The summed E-state index contributed by atoms with van der Waals surface area (Å²) in [5.41, 5.74) is 0. The number of nitrogens with one attached hydrogen (secondary N) is 1. The Morgan fingerprint density at radius 2 is 0.891 bits per heavy atom. The van der Waals surface area contributed by atoms with Crippen LogP contribution in [0.2, 0.25) is 0 Å². The van der Waals surface area contributed by atoms with Crippen LogP contribution in [-0.4, -0.2) is 46.1 Å². The number of carbonyl (C=O) groups is 1. The van der Waals surface area contributed by atoms with Crippen LogP contribution >= 0.6 is 0 Å². The van der Waals surface area contributed by atoms with E-state index in [1.165, 1.54) is 167 Å². The van der Waals surface area contributed by atoms with Crippen molar-refractivity contribution in [3.8, 4) is 0 Å². The third-order valence-corrected chi connectivity index (χ3v) is 9.57. The van der Waals surface area contributed by atoms with Crippen molar-refractivity contribution in [3.63, 3.8) is 0 Å². The van der Waals surface area contributed by atoms with Crippen LogP contribution in [0.4, 0.5) is 0 Å². The zero-order chi connectivity index (χ0) is 33.8. The second-order valence-corrected chi connectivity index (χ2v) is 14.3. The summed E-state index contributed by atoms with van der Waals surface area (Å²) in [6, 6.07) is -0.738. The predicted octanol–water partition coefficient (Wildman–Crippen LogP) is 11.3. The second kappa shape index (κ2) is 36.9. The summed E-state index contributed by atoms with van der Waals surface area (Å²) in [4.78, 5) is 12.4. The molecule has 0 saturated carbocycles. The van der Waals surface area contributed by atoms with Gasteiger partial charge in [-0.2, -0.15) is 0 Å². The van der Waals surface area contributed by atoms with Crippen LogP contribution in [0, 0.1) is 0 Å². The molecule has 3 unspecified atom stereocenters. The zero-order valence-corrected chi connectivity index (χ0v) is 31.0. The molecule has 0 rings (SSSR count). The highest BCUT2D eigenvalue weighted by Crippen LogP contribution is 2.16. The van der Waals surface area contributed by atoms with E-state index in [0.717, 1.165) is 25.7 Å². The van der Waals surface area contributed by atoms with Gasteiger partial charge in [0.25, 0.3) is 0 Å². The van der Waals surface area contributed by atoms with Crippen LogP contribution in [0.3, 0.4) is 0 Å². The molecule has 0 bridgehead atoms. The summed E-state index contributed by atoms with van der Waals surface area (Å²) < 4.78 is 0. The third-order valence-electron chi connectivity index (χ3n) is 9.57. The summed E-state index contributed by atoms with van der Waals surface area (Å²) in [6.45, 7) is 4.22. The number of amides is 1. The summed E-state index contributed by atoms with van der Waals surface area (Å²) in [7, 11) is 0. The van der Waals surface area contributed by atoms with Gasteiger partial charge in [0.05, 0.1) is 31.3 Å². The maximum Gasteiger partial charge on any atom is 0.222 e. The molecule has 0 aliphatic heterocycles. The Kier molecular flexibility index (Phi) is 36.2. The van der Waals surface area contributed by atoms with Crippen LogP contribution in [0.5, 0.6) is 0 Å². The average molecular weight is 652 g/mol. The first-order valence-electron chi connectivity index (χ1n) is 20.5. The van der Waals surface area contributed by atoms with Crippen LogP contribution in [0.1, 0.15) is 219 Å². The number of rotatable bonds is 37. The van der Waals surface area contributed by atoms with E-state index in [9.17, 15) is 20.1 Å². The van der Waals surface area contributed by atoms with Crippen LogP contribution in [-0.2, 0) is 4.79 Å². The van der Waals surface area contributed by atoms with Crippen molar-refractivity contribution in [1.82, 2.24) is 5.32 Å². The van der Waals surface area contributed by atoms with Gasteiger partial charge in [0, 0.05) is 0 Å². The molecule has 0 saturated heterocycles. The number of hydrogen-bond donors (Lipinski definition) is 4. The Balaban J connectivity index is 3.67. The molecule has 46 heavy (non-hydrogen) atoms. The summed E-state index contributed by atoms with van der Waals surface area (Å²) >= 11 is 0. The largest absolute Gasteiger partial charge is 0.394 e. The van der Waals surface area contributed by atoms with Gasteiger partial charge in [-0.3, -0.25) is 4.79 Å². The molecule has 1 amide bonds. The Bertz CT molecular complexity index is 640. The molecule has 0 aliphatic rings. The van der Waals surface area contributed by atoms with Crippen LogP contribution in [0.25, 0.3) is 0 Å². The minimum absolute atomic E-state index is 0.0185. The van der Waals surface area contributed by atoms with Crippen molar-refractivity contribution in [1.29, 1.82) is 0 Å². The summed E-state index contributed by atoms with van der Waals surface area (Å²) in [5, 5.41) is 33.1. The molecule has 0 aromatic rings. The topological polar surface area (TPSA) is 89.8 Å². The summed E-state index contributed by atoms with van der Waals surface area (Å²) in [6.07, 6.45) is 42.0. The van der Waals surface area contributed by atoms with E-state index in [2.05, 4.69) is 19.2 Å². The van der Waals surface area contributed by atoms with Gasteiger partial charge in [-0.05, 0) is 19.3 Å². The number of carbonyl (C=O) groups excluding carboxylic acids is 1. The maximum absolute atomic E-state index is 12.4. The first kappa shape index (κ1) is 45.1. The highest BCUT2D eigenvalue weighted by molar-refractivity contribution is 5.76. The molecule has 0 heterocycles. The molecule has 0 aliphatic carbocycles. The zero-order valence-electron chi connectivity index (χ0n) is 31.0. The number of aliphatic hydroxyl groups is 3. The predicted molar refractivity (Wildman–Crippen MR) is 199 cm³/mol. The van der Waals surface area contributed by atoms with Crippen molar-refractivity contribution >= 4 is 5.91 Å². The number of allylic oxidation sites excluding steroid dienone is 1. The minimum Gasteiger partial charge on any atom is -0.394 e. The third kappa shape index (κ3) is 33.0. The highest BCUT2D eigenvalue weighted by atomic mass is 16.3. The van der Waals surface area contributed by atoms with E-state index in [0.29, 0.717) is 6.42 Å². The Hall–Kier alpha value is -0.910. The molecule has 0 fully saturated rings. The van der Waals surface area contributed by atoms with E-state index >= 15 is 0 Å². The average Bonchev–Trinajstić information content (AvgIpc) is 3.05. The maximum atomic E-state index is 12.4. The van der Waals surface area contributed by atoms with Crippen molar-refractivity contribution < 1.29 is 20.1 Å². The van der Waals surface area contributed by atoms with E-state index in [1.54, 1.807) is 6.08 Å². The number of aliphatic hydroxyl groups excluding tert-OH is 3. The quantitative estimate of drug-likeness (QED) is 0.0397. The molecule has 5 heteroatoms. The van der Waals surface area contributed by atoms with Crippen LogP contribution in [0.15, 0.2) is 12.2 Å². The lowest BCUT2D eigenvalue weighted by Crippen LogP contribution is -2.45. The molecule has 0 aromatic heterocycles. The van der Waals surface area contributed by atoms with Gasteiger partial charge in [0.2, 0.25) is 5.91 Å². The molecular formula is C41H81NO4. The molecule has 0 radical (unpaired) electrons. The minimum atomic E-state index is -0.923.